The summed E-state index contributed by atoms with van der Waals surface area (Å²) < 4.78 is 0. The fraction of sp³-hybridized carbons (Fsp3) is 1.00. The van der Waals surface area contributed by atoms with E-state index in [4.69, 9.17) is 5.73 Å². The zero-order valence-electron chi connectivity index (χ0n) is 13.1. The van der Waals surface area contributed by atoms with Gasteiger partial charge in [-0.1, -0.05) is 12.8 Å². The van der Waals surface area contributed by atoms with Gasteiger partial charge in [-0.2, -0.15) is 0 Å². The van der Waals surface area contributed by atoms with Crippen LogP contribution in [-0.4, -0.2) is 80.1 Å². The van der Waals surface area contributed by atoms with E-state index >= 15 is 0 Å². The molecule has 2 aliphatic rings. The summed E-state index contributed by atoms with van der Waals surface area (Å²) in [7, 11) is 4.30. The lowest BCUT2D eigenvalue weighted by molar-refractivity contribution is 0.0364. The Bertz CT molecular complexity index is 269. The van der Waals surface area contributed by atoms with Crippen molar-refractivity contribution in [2.24, 2.45) is 11.7 Å². The van der Waals surface area contributed by atoms with Gasteiger partial charge >= 0.3 is 0 Å². The maximum absolute atomic E-state index is 6.09. The molecule has 0 spiro atoms. The van der Waals surface area contributed by atoms with E-state index < -0.39 is 0 Å². The standard InChI is InChI=1S/C15H32N4/c1-15(13-16,12-14-4-5-14)19-10-8-18(9-11-19)7-6-17(2)3/h14H,4-13,16H2,1-3H3. The van der Waals surface area contributed by atoms with Crippen molar-refractivity contribution in [3.8, 4) is 0 Å². The van der Waals surface area contributed by atoms with Crippen molar-refractivity contribution in [3.63, 3.8) is 0 Å². The first-order chi connectivity index (χ1) is 9.03. The number of hydrogen-bond donors (Lipinski definition) is 1. The first-order valence-electron chi connectivity index (χ1n) is 7.86. The zero-order valence-corrected chi connectivity index (χ0v) is 13.1. The van der Waals surface area contributed by atoms with E-state index in [1.54, 1.807) is 0 Å². The number of nitrogens with zero attached hydrogens (tertiary/aromatic N) is 3. The highest BCUT2D eigenvalue weighted by atomic mass is 15.3. The molecule has 1 aliphatic carbocycles. The summed E-state index contributed by atoms with van der Waals surface area (Å²) in [5.74, 6) is 0.959. The second-order valence-corrected chi connectivity index (χ2v) is 6.98. The third-order valence-corrected chi connectivity index (χ3v) is 4.86. The molecule has 0 amide bonds. The summed E-state index contributed by atoms with van der Waals surface area (Å²) in [6.45, 7) is 10.3. The van der Waals surface area contributed by atoms with Gasteiger partial charge in [-0.15, -0.1) is 0 Å². The smallest absolute Gasteiger partial charge is 0.0307 e. The Morgan fingerprint density at radius 2 is 1.79 bits per heavy atom. The Labute approximate surface area is 118 Å². The molecule has 2 N–H and O–H groups in total. The van der Waals surface area contributed by atoms with Crippen molar-refractivity contribution in [3.05, 3.63) is 0 Å². The van der Waals surface area contributed by atoms with Gasteiger partial charge in [0, 0.05) is 51.4 Å². The number of nitrogens with two attached hydrogens (primary N) is 1. The van der Waals surface area contributed by atoms with Gasteiger partial charge in [0.25, 0.3) is 0 Å². The van der Waals surface area contributed by atoms with Gasteiger partial charge < -0.3 is 10.6 Å². The average molecular weight is 268 g/mol. The van der Waals surface area contributed by atoms with E-state index in [0.29, 0.717) is 0 Å². The molecular formula is C15H32N4. The fourth-order valence-corrected chi connectivity index (χ4v) is 3.14. The molecule has 2 rings (SSSR count). The van der Waals surface area contributed by atoms with Gasteiger partial charge in [-0.3, -0.25) is 9.80 Å². The van der Waals surface area contributed by atoms with Crippen molar-refractivity contribution in [1.82, 2.24) is 14.7 Å². The van der Waals surface area contributed by atoms with Crippen LogP contribution in [-0.2, 0) is 0 Å². The maximum atomic E-state index is 6.09. The van der Waals surface area contributed by atoms with Crippen LogP contribution in [0.3, 0.4) is 0 Å². The molecule has 0 aromatic rings. The van der Waals surface area contributed by atoms with Crippen LogP contribution in [0.4, 0.5) is 0 Å². The van der Waals surface area contributed by atoms with E-state index in [-0.39, 0.29) is 5.54 Å². The highest BCUT2D eigenvalue weighted by Gasteiger charge is 2.37. The van der Waals surface area contributed by atoms with E-state index in [2.05, 4.69) is 35.7 Å². The second-order valence-electron chi connectivity index (χ2n) is 6.98. The van der Waals surface area contributed by atoms with Crippen molar-refractivity contribution < 1.29 is 0 Å². The molecule has 1 aliphatic heterocycles. The molecule has 19 heavy (non-hydrogen) atoms. The van der Waals surface area contributed by atoms with E-state index in [0.717, 1.165) is 19.0 Å². The lowest BCUT2D eigenvalue weighted by atomic mass is 9.92. The Morgan fingerprint density at radius 3 is 2.26 bits per heavy atom. The molecule has 0 bridgehead atoms. The van der Waals surface area contributed by atoms with Crippen LogP contribution < -0.4 is 5.73 Å². The zero-order chi connectivity index (χ0) is 13.9. The summed E-state index contributed by atoms with van der Waals surface area (Å²) in [5, 5.41) is 0. The van der Waals surface area contributed by atoms with Crippen LogP contribution in [0.2, 0.25) is 0 Å². The Hall–Kier alpha value is -0.160. The maximum Gasteiger partial charge on any atom is 0.0307 e. The molecule has 0 aromatic heterocycles. The van der Waals surface area contributed by atoms with Crippen LogP contribution in [0.25, 0.3) is 0 Å². The highest BCUT2D eigenvalue weighted by molar-refractivity contribution is 4.94. The largest absolute Gasteiger partial charge is 0.329 e. The van der Waals surface area contributed by atoms with Crippen molar-refractivity contribution in [1.29, 1.82) is 0 Å². The quantitative estimate of drug-likeness (QED) is 0.737. The molecule has 0 aromatic carbocycles. The van der Waals surface area contributed by atoms with Crippen LogP contribution in [0.15, 0.2) is 0 Å². The van der Waals surface area contributed by atoms with Gasteiger partial charge in [0.2, 0.25) is 0 Å². The molecule has 1 heterocycles. The Balaban J connectivity index is 1.77. The number of hydrogen-bond acceptors (Lipinski definition) is 4. The third kappa shape index (κ3) is 4.42. The SMILES string of the molecule is CN(C)CCN1CCN(C(C)(CN)CC2CC2)CC1. The van der Waals surface area contributed by atoms with Gasteiger partial charge in [0.1, 0.15) is 0 Å². The fourth-order valence-electron chi connectivity index (χ4n) is 3.14. The molecule has 2 fully saturated rings. The van der Waals surface area contributed by atoms with Crippen LogP contribution in [0.5, 0.6) is 0 Å². The van der Waals surface area contributed by atoms with E-state index in [1.165, 1.54) is 52.0 Å². The number of likely N-dealkylation sites (N-methyl/N-ethyl adjacent to an activating group) is 1. The molecule has 0 radical (unpaired) electrons. The summed E-state index contributed by atoms with van der Waals surface area (Å²) in [5.41, 5.74) is 6.33. The lowest BCUT2D eigenvalue weighted by Gasteiger charge is -2.46. The molecule has 4 nitrogen and oxygen atoms in total. The third-order valence-electron chi connectivity index (χ3n) is 4.86. The normalized spacial score (nSPS) is 25.7. The van der Waals surface area contributed by atoms with Gasteiger partial charge in [0.15, 0.2) is 0 Å². The first kappa shape index (κ1) is 15.2. The lowest BCUT2D eigenvalue weighted by Crippen LogP contribution is -2.59. The molecule has 1 saturated heterocycles. The summed E-state index contributed by atoms with van der Waals surface area (Å²) in [6, 6.07) is 0. The van der Waals surface area contributed by atoms with Crippen molar-refractivity contribution in [2.75, 3.05) is 59.9 Å². The predicted octanol–water partition coefficient (Wildman–Crippen LogP) is 0.683. The second kappa shape index (κ2) is 6.53. The van der Waals surface area contributed by atoms with Crippen LogP contribution in [0, 0.1) is 5.92 Å². The molecule has 1 saturated carbocycles. The summed E-state index contributed by atoms with van der Waals surface area (Å²) in [4.78, 5) is 7.51. The highest BCUT2D eigenvalue weighted by Crippen LogP contribution is 2.38. The summed E-state index contributed by atoms with van der Waals surface area (Å²) >= 11 is 0. The topological polar surface area (TPSA) is 35.7 Å². The Kier molecular flexibility index (Phi) is 5.23. The first-order valence-corrected chi connectivity index (χ1v) is 7.86. The van der Waals surface area contributed by atoms with Crippen molar-refractivity contribution in [2.45, 2.75) is 31.7 Å². The minimum Gasteiger partial charge on any atom is -0.329 e. The van der Waals surface area contributed by atoms with Gasteiger partial charge in [-0.05, 0) is 33.4 Å². The van der Waals surface area contributed by atoms with Crippen LogP contribution in [0.1, 0.15) is 26.2 Å². The monoisotopic (exact) mass is 268 g/mol. The molecule has 1 atom stereocenters. The van der Waals surface area contributed by atoms with Gasteiger partial charge in [0.05, 0.1) is 0 Å². The predicted molar refractivity (Wildman–Crippen MR) is 81.4 cm³/mol. The van der Waals surface area contributed by atoms with Crippen LogP contribution >= 0.6 is 0 Å². The average Bonchev–Trinajstić information content (AvgIpc) is 3.20. The minimum atomic E-state index is 0.245. The van der Waals surface area contributed by atoms with Gasteiger partial charge in [-0.25, -0.2) is 0 Å². The van der Waals surface area contributed by atoms with E-state index in [9.17, 15) is 0 Å². The number of rotatable bonds is 7. The molecule has 4 heteroatoms. The molecular weight excluding hydrogens is 236 g/mol. The van der Waals surface area contributed by atoms with E-state index in [1.807, 2.05) is 0 Å². The molecule has 112 valence electrons. The van der Waals surface area contributed by atoms with Crippen molar-refractivity contribution >= 4 is 0 Å². The summed E-state index contributed by atoms with van der Waals surface area (Å²) in [6.07, 6.45) is 4.16. The Morgan fingerprint density at radius 1 is 1.16 bits per heavy atom. The minimum absolute atomic E-state index is 0.245. The molecule has 1 unspecified atom stereocenters. The number of piperazine rings is 1.